The van der Waals surface area contributed by atoms with Crippen LogP contribution in [-0.2, 0) is 11.4 Å². The number of rotatable bonds is 9. The molecule has 1 aromatic heterocycles. The number of hydrogen-bond donors (Lipinski definition) is 1. The van der Waals surface area contributed by atoms with E-state index in [9.17, 15) is 14.9 Å². The number of amides is 1. The molecule has 1 amide bonds. The van der Waals surface area contributed by atoms with Gasteiger partial charge in [-0.1, -0.05) is 53.7 Å². The third-order valence-electron chi connectivity index (χ3n) is 5.13. The summed E-state index contributed by atoms with van der Waals surface area (Å²) >= 11 is 1.22. The zero-order chi connectivity index (χ0) is 24.8. The molecule has 4 aromatic rings. The van der Waals surface area contributed by atoms with Crippen molar-refractivity contribution in [3.8, 4) is 11.4 Å². The second-order valence-electron chi connectivity index (χ2n) is 7.77. The second kappa shape index (κ2) is 10.8. The van der Waals surface area contributed by atoms with E-state index in [1.54, 1.807) is 19.1 Å². The fourth-order valence-electron chi connectivity index (χ4n) is 3.32. The highest BCUT2D eigenvalue weighted by Gasteiger charge is 2.17. The first-order valence-electron chi connectivity index (χ1n) is 10.8. The first-order valence-corrected chi connectivity index (χ1v) is 11.8. The molecule has 9 nitrogen and oxygen atoms in total. The molecule has 0 aliphatic rings. The Morgan fingerprint density at radius 1 is 1.06 bits per heavy atom. The fraction of sp³-hybridized carbons (Fsp3) is 0.160. The summed E-state index contributed by atoms with van der Waals surface area (Å²) in [6.07, 6.45) is 0. The van der Waals surface area contributed by atoms with E-state index in [-0.39, 0.29) is 24.0 Å². The molecule has 0 unspecified atom stereocenters. The van der Waals surface area contributed by atoms with Crippen LogP contribution in [0.3, 0.4) is 0 Å². The minimum Gasteiger partial charge on any atom is -0.486 e. The van der Waals surface area contributed by atoms with Crippen LogP contribution in [-0.4, -0.2) is 31.3 Å². The lowest BCUT2D eigenvalue weighted by atomic mass is 10.2. The summed E-state index contributed by atoms with van der Waals surface area (Å²) in [6, 6.07) is 21.9. The zero-order valence-electron chi connectivity index (χ0n) is 19.2. The van der Waals surface area contributed by atoms with Crippen LogP contribution in [0.1, 0.15) is 17.0 Å². The molecule has 1 heterocycles. The van der Waals surface area contributed by atoms with Crippen molar-refractivity contribution in [3.05, 3.63) is 99.9 Å². The number of thioether (sulfide) groups is 1. The number of nitrogens with one attached hydrogen (secondary N) is 1. The molecule has 0 saturated heterocycles. The Kier molecular flexibility index (Phi) is 7.41. The van der Waals surface area contributed by atoms with Crippen LogP contribution in [0, 0.1) is 24.0 Å². The molecule has 1 N–H and O–H groups in total. The standard InChI is InChI=1S/C25H23N5O4S/c1-17-8-12-21(13-9-17)34-15-23-27-28-25(29(23)20-6-4-3-5-7-20)35-16-24(31)26-19-11-10-18(2)22(14-19)30(32)33/h3-14H,15-16H2,1-2H3,(H,26,31). The number of nitrogens with zero attached hydrogens (tertiary/aromatic N) is 4. The van der Waals surface area contributed by atoms with Crippen molar-refractivity contribution in [2.24, 2.45) is 0 Å². The van der Waals surface area contributed by atoms with Gasteiger partial charge in [0, 0.05) is 23.0 Å². The molecular weight excluding hydrogens is 466 g/mol. The number of aromatic nitrogens is 3. The Balaban J connectivity index is 1.48. The smallest absolute Gasteiger partial charge is 0.274 e. The Labute approximate surface area is 206 Å². The van der Waals surface area contributed by atoms with Crippen LogP contribution >= 0.6 is 11.8 Å². The van der Waals surface area contributed by atoms with Gasteiger partial charge in [0.15, 0.2) is 11.0 Å². The summed E-state index contributed by atoms with van der Waals surface area (Å²) in [5.41, 5.74) is 2.83. The Hall–Kier alpha value is -4.18. The van der Waals surface area contributed by atoms with E-state index < -0.39 is 4.92 Å². The summed E-state index contributed by atoms with van der Waals surface area (Å²) in [5.74, 6) is 1.05. The van der Waals surface area contributed by atoms with E-state index >= 15 is 0 Å². The molecule has 3 aromatic carbocycles. The fourth-order valence-corrected chi connectivity index (χ4v) is 4.09. The van der Waals surface area contributed by atoms with Gasteiger partial charge in [0.05, 0.1) is 10.7 Å². The lowest BCUT2D eigenvalue weighted by molar-refractivity contribution is -0.385. The van der Waals surface area contributed by atoms with Crippen molar-refractivity contribution >= 4 is 29.0 Å². The Morgan fingerprint density at radius 3 is 2.51 bits per heavy atom. The van der Waals surface area contributed by atoms with Crippen LogP contribution in [0.4, 0.5) is 11.4 Å². The van der Waals surface area contributed by atoms with Crippen molar-refractivity contribution in [2.75, 3.05) is 11.1 Å². The number of anilines is 1. The molecule has 4 rings (SSSR count). The largest absolute Gasteiger partial charge is 0.486 e. The van der Waals surface area contributed by atoms with Crippen LogP contribution in [0.5, 0.6) is 5.75 Å². The number of carbonyl (C=O) groups is 1. The maximum Gasteiger partial charge on any atom is 0.274 e. The molecule has 0 atom stereocenters. The molecule has 0 radical (unpaired) electrons. The SMILES string of the molecule is Cc1ccc(OCc2nnc(SCC(=O)Nc3ccc(C)c([N+](=O)[O-])c3)n2-c2ccccc2)cc1. The van der Waals surface area contributed by atoms with Crippen molar-refractivity contribution < 1.29 is 14.5 Å². The molecule has 0 aliphatic heterocycles. The summed E-state index contributed by atoms with van der Waals surface area (Å²) in [5, 5.41) is 23.0. The van der Waals surface area contributed by atoms with Gasteiger partial charge in [-0.05, 0) is 44.2 Å². The number of benzene rings is 3. The third kappa shape index (κ3) is 6.04. The normalized spacial score (nSPS) is 10.7. The lowest BCUT2D eigenvalue weighted by Crippen LogP contribution is -2.15. The molecule has 0 aliphatic carbocycles. The first-order chi connectivity index (χ1) is 16.9. The van der Waals surface area contributed by atoms with Gasteiger partial charge in [-0.15, -0.1) is 10.2 Å². The van der Waals surface area contributed by atoms with E-state index in [4.69, 9.17) is 4.74 Å². The highest BCUT2D eigenvalue weighted by molar-refractivity contribution is 7.99. The molecule has 10 heteroatoms. The molecule has 0 fully saturated rings. The highest BCUT2D eigenvalue weighted by Crippen LogP contribution is 2.25. The molecule has 35 heavy (non-hydrogen) atoms. The highest BCUT2D eigenvalue weighted by atomic mass is 32.2. The maximum absolute atomic E-state index is 12.6. The monoisotopic (exact) mass is 489 g/mol. The number of para-hydroxylation sites is 1. The first kappa shape index (κ1) is 24.0. The Bertz CT molecular complexity index is 1340. The van der Waals surface area contributed by atoms with Gasteiger partial charge in [0.25, 0.3) is 5.69 Å². The lowest BCUT2D eigenvalue weighted by Gasteiger charge is -2.11. The Morgan fingerprint density at radius 2 is 1.80 bits per heavy atom. The minimum atomic E-state index is -0.470. The summed E-state index contributed by atoms with van der Waals surface area (Å²) in [6.45, 7) is 3.86. The number of ether oxygens (including phenoxy) is 1. The number of hydrogen-bond acceptors (Lipinski definition) is 7. The number of carbonyl (C=O) groups excluding carboxylic acids is 1. The van der Waals surface area contributed by atoms with Crippen molar-refractivity contribution in [1.29, 1.82) is 0 Å². The predicted octanol–water partition coefficient (Wildman–Crippen LogP) is 5.10. The van der Waals surface area contributed by atoms with Gasteiger partial charge in [0.2, 0.25) is 5.91 Å². The predicted molar refractivity (Wildman–Crippen MR) is 134 cm³/mol. The topological polar surface area (TPSA) is 112 Å². The zero-order valence-corrected chi connectivity index (χ0v) is 20.0. The summed E-state index contributed by atoms with van der Waals surface area (Å²) < 4.78 is 7.75. The number of nitro groups is 1. The van der Waals surface area contributed by atoms with Crippen LogP contribution in [0.15, 0.2) is 78.0 Å². The van der Waals surface area contributed by atoms with Gasteiger partial charge in [-0.3, -0.25) is 19.5 Å². The van der Waals surface area contributed by atoms with Gasteiger partial charge in [-0.25, -0.2) is 0 Å². The van der Waals surface area contributed by atoms with Crippen LogP contribution < -0.4 is 10.1 Å². The molecule has 0 bridgehead atoms. The van der Waals surface area contributed by atoms with E-state index in [2.05, 4.69) is 15.5 Å². The molecule has 0 spiro atoms. The van der Waals surface area contributed by atoms with E-state index in [0.29, 0.717) is 22.2 Å². The van der Waals surface area contributed by atoms with Gasteiger partial charge >= 0.3 is 0 Å². The number of aryl methyl sites for hydroxylation is 2. The molecule has 178 valence electrons. The molecular formula is C25H23N5O4S. The summed E-state index contributed by atoms with van der Waals surface area (Å²) in [4.78, 5) is 23.3. The van der Waals surface area contributed by atoms with E-state index in [1.807, 2.05) is 66.1 Å². The van der Waals surface area contributed by atoms with Gasteiger partial charge in [-0.2, -0.15) is 0 Å². The van der Waals surface area contributed by atoms with E-state index in [1.165, 1.54) is 17.8 Å². The van der Waals surface area contributed by atoms with Gasteiger partial charge in [0.1, 0.15) is 12.4 Å². The summed E-state index contributed by atoms with van der Waals surface area (Å²) in [7, 11) is 0. The van der Waals surface area contributed by atoms with Crippen molar-refractivity contribution in [1.82, 2.24) is 14.8 Å². The van der Waals surface area contributed by atoms with Crippen LogP contribution in [0.25, 0.3) is 5.69 Å². The van der Waals surface area contributed by atoms with Gasteiger partial charge < -0.3 is 10.1 Å². The molecule has 0 saturated carbocycles. The van der Waals surface area contributed by atoms with Crippen molar-refractivity contribution in [3.63, 3.8) is 0 Å². The maximum atomic E-state index is 12.6. The quantitative estimate of drug-likeness (QED) is 0.198. The van der Waals surface area contributed by atoms with E-state index in [0.717, 1.165) is 17.0 Å². The van der Waals surface area contributed by atoms with Crippen molar-refractivity contribution in [2.45, 2.75) is 25.6 Å². The third-order valence-corrected chi connectivity index (χ3v) is 6.05. The van der Waals surface area contributed by atoms with Crippen LogP contribution in [0.2, 0.25) is 0 Å². The number of nitro benzene ring substituents is 1. The average molecular weight is 490 g/mol. The second-order valence-corrected chi connectivity index (χ2v) is 8.71. The minimum absolute atomic E-state index is 0.0440. The average Bonchev–Trinajstić information content (AvgIpc) is 3.27.